The van der Waals surface area contributed by atoms with E-state index < -0.39 is 5.97 Å². The van der Waals surface area contributed by atoms with Crippen LogP contribution >= 0.6 is 0 Å². The normalized spacial score (nSPS) is 28.8. The van der Waals surface area contributed by atoms with Crippen LogP contribution in [0.2, 0.25) is 0 Å². The third kappa shape index (κ3) is 5.10. The molecule has 4 aliphatic rings. The van der Waals surface area contributed by atoms with E-state index in [2.05, 4.69) is 31.4 Å². The summed E-state index contributed by atoms with van der Waals surface area (Å²) in [6, 6.07) is 7.34. The number of hydrogen-bond donors (Lipinski definition) is 2. The number of esters is 1. The van der Waals surface area contributed by atoms with Crippen LogP contribution in [0.4, 0.5) is 0 Å². The van der Waals surface area contributed by atoms with Gasteiger partial charge in [0.15, 0.2) is 6.61 Å². The molecule has 2 amide bonds. The highest BCUT2D eigenvalue weighted by Gasteiger charge is 2.51. The maximum Gasteiger partial charge on any atom is 0.325 e. The largest absolute Gasteiger partial charge is 0.454 e. The van der Waals surface area contributed by atoms with Crippen molar-refractivity contribution < 1.29 is 19.1 Å². The SMILES string of the molecule is CC(C)(C)c1ccc(C(=O)NCC(=O)OCC(=O)NC23CC4CC(CC(C4)C2)C3)cc1. The van der Waals surface area contributed by atoms with Gasteiger partial charge in [0.05, 0.1) is 0 Å². The molecule has 0 heterocycles. The third-order valence-electron chi connectivity index (χ3n) is 7.21. The van der Waals surface area contributed by atoms with Gasteiger partial charge in [0.25, 0.3) is 11.8 Å². The molecule has 0 saturated heterocycles. The number of carbonyl (C=O) groups excluding carboxylic acids is 3. The Bertz CT molecular complexity index is 818. The van der Waals surface area contributed by atoms with E-state index >= 15 is 0 Å². The van der Waals surface area contributed by atoms with E-state index in [-0.39, 0.29) is 35.9 Å². The predicted molar refractivity (Wildman–Crippen MR) is 117 cm³/mol. The fraction of sp³-hybridized carbons (Fsp3) is 0.640. The van der Waals surface area contributed by atoms with Crippen LogP contribution in [0.3, 0.4) is 0 Å². The number of amides is 2. The van der Waals surface area contributed by atoms with Gasteiger partial charge in [0.1, 0.15) is 6.54 Å². The summed E-state index contributed by atoms with van der Waals surface area (Å²) in [7, 11) is 0. The second kappa shape index (κ2) is 8.29. The zero-order chi connectivity index (χ0) is 22.2. The molecule has 6 nitrogen and oxygen atoms in total. The molecule has 168 valence electrons. The third-order valence-corrected chi connectivity index (χ3v) is 7.21. The van der Waals surface area contributed by atoms with Gasteiger partial charge in [-0.05, 0) is 79.4 Å². The van der Waals surface area contributed by atoms with E-state index in [1.165, 1.54) is 19.3 Å². The minimum atomic E-state index is -0.611. The predicted octanol–water partition coefficient (Wildman–Crippen LogP) is 3.34. The van der Waals surface area contributed by atoms with Crippen LogP contribution in [0.5, 0.6) is 0 Å². The molecule has 4 aliphatic carbocycles. The average molecular weight is 427 g/mol. The van der Waals surface area contributed by atoms with Gasteiger partial charge in [-0.15, -0.1) is 0 Å². The number of rotatable bonds is 6. The van der Waals surface area contributed by atoms with Crippen molar-refractivity contribution in [2.75, 3.05) is 13.2 Å². The maximum absolute atomic E-state index is 12.4. The van der Waals surface area contributed by atoms with Crippen LogP contribution in [0.15, 0.2) is 24.3 Å². The first kappa shape index (κ1) is 21.8. The van der Waals surface area contributed by atoms with Crippen LogP contribution in [-0.2, 0) is 19.7 Å². The summed E-state index contributed by atoms with van der Waals surface area (Å²) >= 11 is 0. The van der Waals surface area contributed by atoms with E-state index in [1.807, 2.05) is 12.1 Å². The van der Waals surface area contributed by atoms with Crippen LogP contribution < -0.4 is 10.6 Å². The molecule has 4 fully saturated rings. The van der Waals surface area contributed by atoms with Crippen molar-refractivity contribution in [2.45, 2.75) is 70.3 Å². The molecule has 0 unspecified atom stereocenters. The lowest BCUT2D eigenvalue weighted by molar-refractivity contribution is -0.149. The first-order valence-electron chi connectivity index (χ1n) is 11.5. The van der Waals surface area contributed by atoms with Crippen molar-refractivity contribution >= 4 is 17.8 Å². The first-order valence-corrected chi connectivity index (χ1v) is 11.5. The molecule has 2 N–H and O–H groups in total. The topological polar surface area (TPSA) is 84.5 Å². The Kier molecular flexibility index (Phi) is 5.84. The van der Waals surface area contributed by atoms with Gasteiger partial charge in [-0.25, -0.2) is 0 Å². The second-order valence-electron chi connectivity index (χ2n) is 10.9. The number of ether oxygens (including phenoxy) is 1. The standard InChI is InChI=1S/C25H34N2O4/c1-24(2,3)20-6-4-19(5-7-20)23(30)26-14-22(29)31-15-21(28)27-25-11-16-8-17(12-25)10-18(9-16)13-25/h4-7,16-18H,8-15H2,1-3H3,(H,26,30)(H,27,28). The fourth-order valence-corrected chi connectivity index (χ4v) is 6.17. The molecule has 31 heavy (non-hydrogen) atoms. The van der Waals surface area contributed by atoms with Crippen LogP contribution in [-0.4, -0.2) is 36.5 Å². The van der Waals surface area contributed by atoms with Crippen molar-refractivity contribution in [1.29, 1.82) is 0 Å². The Balaban J connectivity index is 1.20. The molecular weight excluding hydrogens is 392 g/mol. The lowest BCUT2D eigenvalue weighted by Crippen LogP contribution is -2.60. The lowest BCUT2D eigenvalue weighted by atomic mass is 9.53. The summed E-state index contributed by atoms with van der Waals surface area (Å²) in [5.41, 5.74) is 1.54. The van der Waals surface area contributed by atoms with E-state index in [0.29, 0.717) is 5.56 Å². The van der Waals surface area contributed by atoms with E-state index in [4.69, 9.17) is 4.74 Å². The van der Waals surface area contributed by atoms with E-state index in [9.17, 15) is 14.4 Å². The minimum absolute atomic E-state index is 0.00948. The van der Waals surface area contributed by atoms with Crippen molar-refractivity contribution in [3.8, 4) is 0 Å². The second-order valence-corrected chi connectivity index (χ2v) is 10.9. The number of hydrogen-bond acceptors (Lipinski definition) is 4. The van der Waals surface area contributed by atoms with Gasteiger partial charge in [-0.3, -0.25) is 14.4 Å². The quantitative estimate of drug-likeness (QED) is 0.684. The molecule has 6 heteroatoms. The van der Waals surface area contributed by atoms with Crippen molar-refractivity contribution in [2.24, 2.45) is 17.8 Å². The Morgan fingerprint density at radius 2 is 1.52 bits per heavy atom. The zero-order valence-corrected chi connectivity index (χ0v) is 18.8. The highest BCUT2D eigenvalue weighted by atomic mass is 16.5. The number of nitrogens with one attached hydrogen (secondary N) is 2. The van der Waals surface area contributed by atoms with Gasteiger partial charge < -0.3 is 15.4 Å². The Morgan fingerprint density at radius 1 is 0.968 bits per heavy atom. The summed E-state index contributed by atoms with van der Waals surface area (Å²) in [6.45, 7) is 5.77. The van der Waals surface area contributed by atoms with Gasteiger partial charge in [-0.2, -0.15) is 0 Å². The van der Waals surface area contributed by atoms with Gasteiger partial charge in [-0.1, -0.05) is 32.9 Å². The lowest BCUT2D eigenvalue weighted by Gasteiger charge is -2.56. The average Bonchev–Trinajstić information content (AvgIpc) is 2.68. The van der Waals surface area contributed by atoms with Crippen LogP contribution in [0, 0.1) is 17.8 Å². The molecule has 1 aromatic rings. The Hall–Kier alpha value is -2.37. The zero-order valence-electron chi connectivity index (χ0n) is 18.8. The highest BCUT2D eigenvalue weighted by molar-refractivity contribution is 5.96. The van der Waals surface area contributed by atoms with Crippen LogP contribution in [0.25, 0.3) is 0 Å². The summed E-state index contributed by atoms with van der Waals surface area (Å²) in [4.78, 5) is 36.7. The summed E-state index contributed by atoms with van der Waals surface area (Å²) < 4.78 is 5.10. The molecule has 4 bridgehead atoms. The maximum atomic E-state index is 12.4. The highest BCUT2D eigenvalue weighted by Crippen LogP contribution is 2.55. The molecule has 4 saturated carbocycles. The van der Waals surface area contributed by atoms with Crippen molar-refractivity contribution in [3.05, 3.63) is 35.4 Å². The fourth-order valence-electron chi connectivity index (χ4n) is 6.17. The number of benzene rings is 1. The van der Waals surface area contributed by atoms with Crippen molar-refractivity contribution in [3.63, 3.8) is 0 Å². The smallest absolute Gasteiger partial charge is 0.325 e. The van der Waals surface area contributed by atoms with Gasteiger partial charge in [0, 0.05) is 11.1 Å². The molecule has 1 aromatic carbocycles. The number of carbonyl (C=O) groups is 3. The van der Waals surface area contributed by atoms with Gasteiger partial charge in [0.2, 0.25) is 0 Å². The minimum Gasteiger partial charge on any atom is -0.454 e. The Labute approximate surface area is 184 Å². The molecule has 0 aliphatic heterocycles. The Morgan fingerprint density at radius 3 is 2.03 bits per heavy atom. The monoisotopic (exact) mass is 426 g/mol. The molecule has 0 atom stereocenters. The van der Waals surface area contributed by atoms with E-state index in [1.54, 1.807) is 12.1 Å². The molecule has 0 aromatic heterocycles. The van der Waals surface area contributed by atoms with Gasteiger partial charge >= 0.3 is 5.97 Å². The molecule has 5 rings (SSSR count). The first-order chi connectivity index (χ1) is 14.6. The molecule has 0 spiro atoms. The van der Waals surface area contributed by atoms with Crippen molar-refractivity contribution in [1.82, 2.24) is 10.6 Å². The molecule has 0 radical (unpaired) electrons. The summed E-state index contributed by atoms with van der Waals surface area (Å²) in [5, 5.41) is 5.75. The van der Waals surface area contributed by atoms with Crippen LogP contribution in [0.1, 0.15) is 75.2 Å². The molecular formula is C25H34N2O4. The summed E-state index contributed by atoms with van der Waals surface area (Å²) in [5.74, 6) is 1.03. The van der Waals surface area contributed by atoms with E-state index in [0.717, 1.165) is 42.6 Å². The summed E-state index contributed by atoms with van der Waals surface area (Å²) in [6.07, 6.45) is 7.10.